The molecule has 0 spiro atoms. The molecule has 2 fully saturated rings. The van der Waals surface area contributed by atoms with Gasteiger partial charge in [-0.05, 0) is 68.6 Å². The van der Waals surface area contributed by atoms with Crippen molar-refractivity contribution in [2.45, 2.75) is 26.2 Å². The second-order valence-electron chi connectivity index (χ2n) is 7.28. The summed E-state index contributed by atoms with van der Waals surface area (Å²) in [7, 11) is 0. The molecule has 23 heavy (non-hydrogen) atoms. The highest BCUT2D eigenvalue weighted by Gasteiger charge is 2.33. The molecular weight excluding hydrogens is 293 g/mol. The van der Waals surface area contributed by atoms with Gasteiger partial charge in [0, 0.05) is 24.7 Å². The zero-order valence-corrected chi connectivity index (χ0v) is 13.8. The Morgan fingerprint density at radius 3 is 2.65 bits per heavy atom. The molecule has 2 saturated heterocycles. The number of benzene rings is 1. The Hall–Kier alpha value is -1.46. The third-order valence-electron chi connectivity index (χ3n) is 5.13. The number of halogens is 1. The van der Waals surface area contributed by atoms with Gasteiger partial charge in [-0.1, -0.05) is 6.92 Å². The lowest BCUT2D eigenvalue weighted by molar-refractivity contribution is -0.121. The Morgan fingerprint density at radius 2 is 2.04 bits per heavy atom. The first-order valence-corrected chi connectivity index (χ1v) is 8.54. The topological polar surface area (TPSA) is 44.4 Å². The first-order valence-electron chi connectivity index (χ1n) is 8.54. The molecule has 0 bridgehead atoms. The van der Waals surface area contributed by atoms with Crippen LogP contribution in [-0.4, -0.2) is 43.5 Å². The summed E-state index contributed by atoms with van der Waals surface area (Å²) in [5.74, 6) is -0.165. The largest absolute Gasteiger partial charge is 0.326 e. The van der Waals surface area contributed by atoms with Crippen molar-refractivity contribution in [2.75, 3.05) is 38.0 Å². The highest BCUT2D eigenvalue weighted by Crippen LogP contribution is 2.28. The van der Waals surface area contributed by atoms with Crippen molar-refractivity contribution in [1.82, 2.24) is 10.2 Å². The Morgan fingerprint density at radius 1 is 1.35 bits per heavy atom. The molecule has 0 saturated carbocycles. The number of anilines is 1. The third kappa shape index (κ3) is 4.30. The lowest BCUT2D eigenvalue weighted by Crippen LogP contribution is -2.43. The van der Waals surface area contributed by atoms with E-state index < -0.39 is 0 Å². The second kappa shape index (κ2) is 6.97. The fourth-order valence-corrected chi connectivity index (χ4v) is 3.67. The summed E-state index contributed by atoms with van der Waals surface area (Å²) in [5.41, 5.74) is 1.05. The number of rotatable bonds is 4. The van der Waals surface area contributed by atoms with Crippen LogP contribution >= 0.6 is 0 Å². The smallest absolute Gasteiger partial charge is 0.227 e. The number of hydrogen-bond donors (Lipinski definition) is 2. The maximum atomic E-state index is 12.9. The van der Waals surface area contributed by atoms with Crippen molar-refractivity contribution >= 4 is 11.6 Å². The van der Waals surface area contributed by atoms with Gasteiger partial charge in [0.15, 0.2) is 0 Å². The van der Waals surface area contributed by atoms with Gasteiger partial charge in [0.25, 0.3) is 0 Å². The molecule has 2 aliphatic rings. The van der Waals surface area contributed by atoms with Gasteiger partial charge in [-0.2, -0.15) is 0 Å². The molecule has 1 aromatic rings. The lowest BCUT2D eigenvalue weighted by atomic mass is 9.87. The van der Waals surface area contributed by atoms with Gasteiger partial charge in [-0.3, -0.25) is 4.79 Å². The molecule has 0 radical (unpaired) electrons. The molecule has 1 amide bonds. The zero-order valence-electron chi connectivity index (χ0n) is 13.8. The molecule has 4 nitrogen and oxygen atoms in total. The molecule has 3 rings (SSSR count). The van der Waals surface area contributed by atoms with Crippen molar-refractivity contribution in [1.29, 1.82) is 0 Å². The van der Waals surface area contributed by atoms with E-state index in [0.717, 1.165) is 45.6 Å². The van der Waals surface area contributed by atoms with E-state index >= 15 is 0 Å². The summed E-state index contributed by atoms with van der Waals surface area (Å²) in [6.45, 7) is 7.64. The minimum atomic E-state index is -0.286. The SMILES string of the molecule is CC1(CN2CCC(C(=O)Nc3ccc(F)cc3)CC2)CCNC1. The first-order chi connectivity index (χ1) is 11.0. The van der Waals surface area contributed by atoms with Crippen LogP contribution in [0.2, 0.25) is 0 Å². The van der Waals surface area contributed by atoms with Gasteiger partial charge in [0.05, 0.1) is 0 Å². The average molecular weight is 319 g/mol. The number of carbonyl (C=O) groups excluding carboxylic acids is 1. The Balaban J connectivity index is 1.46. The van der Waals surface area contributed by atoms with Gasteiger partial charge in [0.1, 0.15) is 5.82 Å². The van der Waals surface area contributed by atoms with Crippen molar-refractivity contribution in [3.8, 4) is 0 Å². The van der Waals surface area contributed by atoms with Crippen LogP contribution < -0.4 is 10.6 Å². The van der Waals surface area contributed by atoms with Crippen LogP contribution in [-0.2, 0) is 4.79 Å². The molecule has 2 aliphatic heterocycles. The zero-order chi connectivity index (χ0) is 16.3. The highest BCUT2D eigenvalue weighted by atomic mass is 19.1. The van der Waals surface area contributed by atoms with Crippen LogP contribution in [0, 0.1) is 17.2 Å². The van der Waals surface area contributed by atoms with E-state index in [0.29, 0.717) is 11.1 Å². The van der Waals surface area contributed by atoms with E-state index in [1.807, 2.05) is 0 Å². The van der Waals surface area contributed by atoms with E-state index in [-0.39, 0.29) is 17.6 Å². The normalized spacial score (nSPS) is 26.3. The summed E-state index contributed by atoms with van der Waals surface area (Å²) >= 11 is 0. The molecular formula is C18H26FN3O. The summed E-state index contributed by atoms with van der Waals surface area (Å²) in [6, 6.07) is 5.95. The summed E-state index contributed by atoms with van der Waals surface area (Å²) in [6.07, 6.45) is 3.03. The molecule has 2 heterocycles. The number of nitrogens with zero attached hydrogens (tertiary/aromatic N) is 1. The Bertz CT molecular complexity index is 532. The van der Waals surface area contributed by atoms with E-state index in [4.69, 9.17) is 0 Å². The molecule has 1 unspecified atom stereocenters. The molecule has 5 heteroatoms. The second-order valence-corrected chi connectivity index (χ2v) is 7.28. The van der Waals surface area contributed by atoms with Crippen LogP contribution in [0.1, 0.15) is 26.2 Å². The van der Waals surface area contributed by atoms with Gasteiger partial charge < -0.3 is 15.5 Å². The van der Waals surface area contributed by atoms with E-state index in [9.17, 15) is 9.18 Å². The number of piperidine rings is 1. The number of hydrogen-bond acceptors (Lipinski definition) is 3. The molecule has 0 aromatic heterocycles. The fourth-order valence-electron chi connectivity index (χ4n) is 3.67. The predicted molar refractivity (Wildman–Crippen MR) is 89.8 cm³/mol. The van der Waals surface area contributed by atoms with Crippen molar-refractivity contribution in [3.63, 3.8) is 0 Å². The number of likely N-dealkylation sites (tertiary alicyclic amines) is 1. The molecule has 1 aromatic carbocycles. The third-order valence-corrected chi connectivity index (χ3v) is 5.13. The van der Waals surface area contributed by atoms with Gasteiger partial charge in [-0.25, -0.2) is 4.39 Å². The maximum Gasteiger partial charge on any atom is 0.227 e. The summed E-state index contributed by atoms with van der Waals surface area (Å²) in [4.78, 5) is 14.8. The number of carbonyl (C=O) groups is 1. The fraction of sp³-hybridized carbons (Fsp3) is 0.611. The lowest BCUT2D eigenvalue weighted by Gasteiger charge is -2.36. The van der Waals surface area contributed by atoms with E-state index in [1.165, 1.54) is 18.6 Å². The monoisotopic (exact) mass is 319 g/mol. The minimum Gasteiger partial charge on any atom is -0.326 e. The number of amides is 1. The molecule has 1 atom stereocenters. The Labute approximate surface area is 137 Å². The summed E-state index contributed by atoms with van der Waals surface area (Å²) < 4.78 is 12.9. The van der Waals surface area contributed by atoms with Crippen molar-refractivity contribution in [2.24, 2.45) is 11.3 Å². The van der Waals surface area contributed by atoms with Crippen LogP contribution in [0.25, 0.3) is 0 Å². The maximum absolute atomic E-state index is 12.9. The van der Waals surface area contributed by atoms with E-state index in [1.54, 1.807) is 12.1 Å². The minimum absolute atomic E-state index is 0.0602. The standard InChI is InChI=1S/C18H26FN3O/c1-18(8-9-20-12-18)13-22-10-6-14(7-11-22)17(23)21-16-4-2-15(19)3-5-16/h2-5,14,20H,6-13H2,1H3,(H,21,23). The van der Waals surface area contributed by atoms with Crippen LogP contribution in [0.3, 0.4) is 0 Å². The summed E-state index contributed by atoms with van der Waals surface area (Å²) in [5, 5.41) is 6.34. The molecule has 2 N–H and O–H groups in total. The van der Waals surface area contributed by atoms with Gasteiger partial charge >= 0.3 is 0 Å². The van der Waals surface area contributed by atoms with E-state index in [2.05, 4.69) is 22.5 Å². The molecule has 0 aliphatic carbocycles. The quantitative estimate of drug-likeness (QED) is 0.896. The molecule has 126 valence electrons. The van der Waals surface area contributed by atoms with Gasteiger partial charge in [0.2, 0.25) is 5.91 Å². The number of nitrogens with one attached hydrogen (secondary N) is 2. The van der Waals surface area contributed by atoms with Crippen LogP contribution in [0.5, 0.6) is 0 Å². The Kier molecular flexibility index (Phi) is 4.97. The predicted octanol–water partition coefficient (Wildman–Crippen LogP) is 2.48. The van der Waals surface area contributed by atoms with Crippen LogP contribution in [0.15, 0.2) is 24.3 Å². The van der Waals surface area contributed by atoms with Crippen molar-refractivity contribution in [3.05, 3.63) is 30.1 Å². The van der Waals surface area contributed by atoms with Gasteiger partial charge in [-0.15, -0.1) is 0 Å². The average Bonchev–Trinajstić information content (AvgIpc) is 2.96. The first kappa shape index (κ1) is 16.4. The van der Waals surface area contributed by atoms with Crippen LogP contribution in [0.4, 0.5) is 10.1 Å². The van der Waals surface area contributed by atoms with Crippen molar-refractivity contribution < 1.29 is 9.18 Å². The highest BCUT2D eigenvalue weighted by molar-refractivity contribution is 5.92.